The lowest BCUT2D eigenvalue weighted by Crippen LogP contribution is -2.37. The Morgan fingerprint density at radius 2 is 1.93 bits per heavy atom. The Morgan fingerprint density at radius 1 is 1.10 bits per heavy atom. The zero-order chi connectivity index (χ0) is 20.5. The molecule has 3 aromatic heterocycles. The van der Waals surface area contributed by atoms with Gasteiger partial charge in [0.25, 0.3) is 0 Å². The van der Waals surface area contributed by atoms with Crippen LogP contribution >= 0.6 is 11.3 Å². The second-order valence-corrected chi connectivity index (χ2v) is 8.54. The van der Waals surface area contributed by atoms with Crippen LogP contribution in [0.15, 0.2) is 48.9 Å². The number of likely N-dealkylation sites (tertiary alicyclic amines) is 1. The molecule has 1 fully saturated rings. The van der Waals surface area contributed by atoms with E-state index in [2.05, 4.69) is 10.1 Å². The minimum Gasteiger partial charge on any atom is -0.383 e. The highest BCUT2D eigenvalue weighted by Crippen LogP contribution is 2.34. The molecule has 5 rings (SSSR count). The molecule has 1 amide bonds. The lowest BCUT2D eigenvalue weighted by molar-refractivity contribution is -0.132. The molecule has 0 spiro atoms. The molecule has 0 aliphatic carbocycles. The maximum atomic E-state index is 12.5. The number of carbonyl (C=O) groups is 1. The zero-order valence-corrected chi connectivity index (χ0v) is 17.3. The van der Waals surface area contributed by atoms with Crippen LogP contribution in [0.1, 0.15) is 19.3 Å². The van der Waals surface area contributed by atoms with Crippen molar-refractivity contribution in [1.82, 2.24) is 24.6 Å². The first-order chi connectivity index (χ1) is 14.7. The Hall–Kier alpha value is -3.26. The van der Waals surface area contributed by atoms with Crippen LogP contribution in [0.3, 0.4) is 0 Å². The quantitative estimate of drug-likeness (QED) is 0.544. The fourth-order valence-corrected chi connectivity index (χ4v) is 4.76. The van der Waals surface area contributed by atoms with Gasteiger partial charge in [0.05, 0.1) is 22.0 Å². The molecule has 0 atom stereocenters. The number of thiazole rings is 1. The van der Waals surface area contributed by atoms with Crippen molar-refractivity contribution in [1.29, 1.82) is 0 Å². The fourth-order valence-electron chi connectivity index (χ4n) is 3.77. The molecule has 1 aliphatic heterocycles. The standard InChI is InChI=1S/C22H22N6OS/c23-21-17(22-26-18-6-2-3-7-19(18)30-22)10-15(11-24-21)16-12-25-28(13-16)14-20(29)27-8-4-1-5-9-27/h2-3,6-7,10-13H,1,4-5,8-9,14H2,(H2,23,24). The second-order valence-electron chi connectivity index (χ2n) is 7.51. The van der Waals surface area contributed by atoms with E-state index in [4.69, 9.17) is 10.7 Å². The van der Waals surface area contributed by atoms with Crippen LogP contribution in [-0.4, -0.2) is 43.6 Å². The molecule has 0 bridgehead atoms. The highest BCUT2D eigenvalue weighted by atomic mass is 32.1. The van der Waals surface area contributed by atoms with Gasteiger partial charge in [0.1, 0.15) is 17.4 Å². The van der Waals surface area contributed by atoms with Gasteiger partial charge >= 0.3 is 0 Å². The predicted octanol–water partition coefficient (Wildman–Crippen LogP) is 3.82. The number of benzene rings is 1. The summed E-state index contributed by atoms with van der Waals surface area (Å²) in [6.07, 6.45) is 8.76. The molecular weight excluding hydrogens is 396 g/mol. The van der Waals surface area contributed by atoms with E-state index in [0.717, 1.165) is 57.8 Å². The first-order valence-electron chi connectivity index (χ1n) is 10.1. The molecule has 0 radical (unpaired) electrons. The third kappa shape index (κ3) is 3.66. The molecule has 1 aliphatic rings. The number of hydrogen-bond acceptors (Lipinski definition) is 6. The number of nitrogens with zero attached hydrogens (tertiary/aromatic N) is 5. The van der Waals surface area contributed by atoms with Gasteiger partial charge in [-0.15, -0.1) is 11.3 Å². The van der Waals surface area contributed by atoms with Gasteiger partial charge in [-0.25, -0.2) is 9.97 Å². The fraction of sp³-hybridized carbons (Fsp3) is 0.273. The number of anilines is 1. The van der Waals surface area contributed by atoms with E-state index in [0.29, 0.717) is 5.82 Å². The average molecular weight is 419 g/mol. The second kappa shape index (κ2) is 7.87. The summed E-state index contributed by atoms with van der Waals surface area (Å²) in [4.78, 5) is 23.5. The summed E-state index contributed by atoms with van der Waals surface area (Å²) in [6, 6.07) is 10.0. The molecule has 0 saturated carbocycles. The number of amides is 1. The van der Waals surface area contributed by atoms with Gasteiger partial charge in [-0.05, 0) is 37.5 Å². The number of piperidine rings is 1. The first kappa shape index (κ1) is 18.7. The number of hydrogen-bond donors (Lipinski definition) is 1. The van der Waals surface area contributed by atoms with Crippen molar-refractivity contribution in [2.24, 2.45) is 0 Å². The van der Waals surface area contributed by atoms with Crippen molar-refractivity contribution < 1.29 is 4.79 Å². The Morgan fingerprint density at radius 3 is 2.77 bits per heavy atom. The summed E-state index contributed by atoms with van der Waals surface area (Å²) in [5.41, 5.74) is 9.72. The maximum absolute atomic E-state index is 12.5. The molecule has 8 heteroatoms. The normalized spacial score (nSPS) is 14.3. The van der Waals surface area contributed by atoms with Crippen LogP contribution in [0, 0.1) is 0 Å². The summed E-state index contributed by atoms with van der Waals surface area (Å²) < 4.78 is 2.81. The van der Waals surface area contributed by atoms with Crippen molar-refractivity contribution in [2.45, 2.75) is 25.8 Å². The summed E-state index contributed by atoms with van der Waals surface area (Å²) in [7, 11) is 0. The molecule has 4 aromatic rings. The number of aromatic nitrogens is 4. The Labute approximate surface area is 178 Å². The van der Waals surface area contributed by atoms with E-state index in [-0.39, 0.29) is 12.5 Å². The van der Waals surface area contributed by atoms with Crippen molar-refractivity contribution in [3.8, 4) is 21.7 Å². The van der Waals surface area contributed by atoms with Gasteiger partial charge in [0.2, 0.25) is 5.91 Å². The summed E-state index contributed by atoms with van der Waals surface area (Å²) in [6.45, 7) is 1.95. The SMILES string of the molecule is Nc1ncc(-c2cnn(CC(=O)N3CCCCC3)c2)cc1-c1nc2ccccc2s1. The number of fused-ring (bicyclic) bond motifs is 1. The molecule has 1 aromatic carbocycles. The van der Waals surface area contributed by atoms with Crippen molar-refractivity contribution >= 4 is 33.3 Å². The average Bonchev–Trinajstić information content (AvgIpc) is 3.41. The van der Waals surface area contributed by atoms with Crippen LogP contribution in [0.25, 0.3) is 31.9 Å². The van der Waals surface area contributed by atoms with Crippen molar-refractivity contribution in [2.75, 3.05) is 18.8 Å². The topological polar surface area (TPSA) is 89.9 Å². The van der Waals surface area contributed by atoms with Crippen molar-refractivity contribution in [3.63, 3.8) is 0 Å². The van der Waals surface area contributed by atoms with Crippen LogP contribution < -0.4 is 5.73 Å². The van der Waals surface area contributed by atoms with Crippen LogP contribution in [0.2, 0.25) is 0 Å². The van der Waals surface area contributed by atoms with Crippen LogP contribution in [0.5, 0.6) is 0 Å². The number of carbonyl (C=O) groups excluding carboxylic acids is 1. The van der Waals surface area contributed by atoms with Gasteiger partial charge < -0.3 is 10.6 Å². The van der Waals surface area contributed by atoms with Gasteiger partial charge in [-0.2, -0.15) is 5.10 Å². The molecule has 30 heavy (non-hydrogen) atoms. The van der Waals surface area contributed by atoms with Gasteiger partial charge in [-0.3, -0.25) is 9.48 Å². The van der Waals surface area contributed by atoms with Crippen molar-refractivity contribution in [3.05, 3.63) is 48.9 Å². The summed E-state index contributed by atoms with van der Waals surface area (Å²) >= 11 is 1.60. The third-order valence-electron chi connectivity index (χ3n) is 5.42. The summed E-state index contributed by atoms with van der Waals surface area (Å²) in [5.74, 6) is 0.570. The van der Waals surface area contributed by atoms with Crippen LogP contribution in [-0.2, 0) is 11.3 Å². The minimum absolute atomic E-state index is 0.120. The largest absolute Gasteiger partial charge is 0.383 e. The third-order valence-corrected chi connectivity index (χ3v) is 6.49. The number of para-hydroxylation sites is 1. The number of nitrogens with two attached hydrogens (primary N) is 1. The van der Waals surface area contributed by atoms with E-state index in [1.165, 1.54) is 6.42 Å². The molecule has 1 saturated heterocycles. The van der Waals surface area contributed by atoms with E-state index in [9.17, 15) is 4.79 Å². The summed E-state index contributed by atoms with van der Waals surface area (Å²) in [5, 5.41) is 5.23. The number of rotatable bonds is 4. The zero-order valence-electron chi connectivity index (χ0n) is 16.5. The molecule has 4 heterocycles. The number of pyridine rings is 1. The maximum Gasteiger partial charge on any atom is 0.244 e. The molecule has 0 unspecified atom stereocenters. The van der Waals surface area contributed by atoms with Crippen LogP contribution in [0.4, 0.5) is 5.82 Å². The highest BCUT2D eigenvalue weighted by Gasteiger charge is 2.18. The van der Waals surface area contributed by atoms with Gasteiger partial charge in [0, 0.05) is 36.6 Å². The molecule has 152 valence electrons. The lowest BCUT2D eigenvalue weighted by atomic mass is 10.1. The predicted molar refractivity (Wildman–Crippen MR) is 119 cm³/mol. The highest BCUT2D eigenvalue weighted by molar-refractivity contribution is 7.21. The molecule has 2 N–H and O–H groups in total. The lowest BCUT2D eigenvalue weighted by Gasteiger charge is -2.26. The smallest absolute Gasteiger partial charge is 0.244 e. The molecule has 7 nitrogen and oxygen atoms in total. The number of nitrogen functional groups attached to an aromatic ring is 1. The Bertz CT molecular complexity index is 1170. The van der Waals surface area contributed by atoms with E-state index >= 15 is 0 Å². The van der Waals surface area contributed by atoms with E-state index in [1.807, 2.05) is 41.4 Å². The van der Waals surface area contributed by atoms with E-state index in [1.54, 1.807) is 28.4 Å². The Kier molecular flexibility index (Phi) is 4.92. The monoisotopic (exact) mass is 418 g/mol. The minimum atomic E-state index is 0.120. The van der Waals surface area contributed by atoms with Gasteiger partial charge in [0.15, 0.2) is 0 Å². The molecular formula is C22H22N6OS. The Balaban J connectivity index is 1.40. The van der Waals surface area contributed by atoms with E-state index < -0.39 is 0 Å². The first-order valence-corrected chi connectivity index (χ1v) is 10.9. The van der Waals surface area contributed by atoms with Gasteiger partial charge in [-0.1, -0.05) is 12.1 Å².